The van der Waals surface area contributed by atoms with E-state index >= 15 is 0 Å². The first kappa shape index (κ1) is 9.95. The highest BCUT2D eigenvalue weighted by Gasteiger charge is 2.14. The minimum absolute atomic E-state index is 0.000882. The highest BCUT2D eigenvalue weighted by atomic mass is 19.1. The molecule has 0 aliphatic carbocycles. The Morgan fingerprint density at radius 2 is 2.31 bits per heavy atom. The van der Waals surface area contributed by atoms with Crippen molar-refractivity contribution in [2.45, 2.75) is 6.92 Å². The lowest BCUT2D eigenvalue weighted by Gasteiger charge is -2.04. The largest absolute Gasteiger partial charge is 0.490 e. The average molecular weight is 185 g/mol. The van der Waals surface area contributed by atoms with E-state index in [9.17, 15) is 4.39 Å². The molecule has 0 spiro atoms. The second-order valence-corrected chi connectivity index (χ2v) is 2.36. The molecule has 0 saturated carbocycles. The van der Waals surface area contributed by atoms with Crippen LogP contribution in [0.5, 0.6) is 5.88 Å². The Morgan fingerprint density at radius 3 is 2.77 bits per heavy atom. The molecule has 0 fully saturated rings. The predicted octanol–water partition coefficient (Wildman–Crippen LogP) is -0.701. The molecular weight excluding hydrogens is 176 g/mol. The SMILES string of the molecule is CCOc1ncc(B(O)O)cc1F. The molecule has 0 radical (unpaired) electrons. The van der Waals surface area contributed by atoms with Crippen LogP contribution in [0.3, 0.4) is 0 Å². The highest BCUT2D eigenvalue weighted by Crippen LogP contribution is 2.09. The van der Waals surface area contributed by atoms with Crippen molar-refractivity contribution in [3.05, 3.63) is 18.1 Å². The quantitative estimate of drug-likeness (QED) is 0.611. The first-order valence-electron chi connectivity index (χ1n) is 3.79. The van der Waals surface area contributed by atoms with Crippen LogP contribution in [-0.2, 0) is 0 Å². The molecular formula is C7H9BFNO3. The van der Waals surface area contributed by atoms with E-state index in [0.29, 0.717) is 6.61 Å². The summed E-state index contributed by atoms with van der Waals surface area (Å²) in [6.45, 7) is 2.01. The molecule has 0 bridgehead atoms. The van der Waals surface area contributed by atoms with E-state index in [1.54, 1.807) is 6.92 Å². The van der Waals surface area contributed by atoms with Crippen molar-refractivity contribution in [3.8, 4) is 5.88 Å². The molecule has 6 heteroatoms. The maximum Gasteiger partial charge on any atom is 0.490 e. The Labute approximate surface area is 75.1 Å². The van der Waals surface area contributed by atoms with Crippen molar-refractivity contribution in [2.24, 2.45) is 0 Å². The van der Waals surface area contributed by atoms with E-state index in [1.807, 2.05) is 0 Å². The number of aromatic nitrogens is 1. The van der Waals surface area contributed by atoms with Crippen LogP contribution in [0.15, 0.2) is 12.3 Å². The second kappa shape index (κ2) is 4.20. The lowest BCUT2D eigenvalue weighted by Crippen LogP contribution is -2.30. The zero-order valence-electron chi connectivity index (χ0n) is 7.07. The Kier molecular flexibility index (Phi) is 3.22. The van der Waals surface area contributed by atoms with E-state index in [-0.39, 0.29) is 11.3 Å². The number of nitrogens with zero attached hydrogens (tertiary/aromatic N) is 1. The van der Waals surface area contributed by atoms with Gasteiger partial charge in [-0.25, -0.2) is 9.37 Å². The summed E-state index contributed by atoms with van der Waals surface area (Å²) in [5, 5.41) is 17.4. The van der Waals surface area contributed by atoms with Crippen LogP contribution in [-0.4, -0.2) is 28.8 Å². The average Bonchev–Trinajstić information content (AvgIpc) is 2.08. The molecule has 0 saturated heterocycles. The third-order valence-corrected chi connectivity index (χ3v) is 1.41. The number of rotatable bonds is 3. The smallest absolute Gasteiger partial charge is 0.476 e. The van der Waals surface area contributed by atoms with Gasteiger partial charge in [0.1, 0.15) is 0 Å². The molecule has 0 amide bonds. The van der Waals surface area contributed by atoms with Gasteiger partial charge in [0.25, 0.3) is 0 Å². The Bertz CT molecular complexity index is 295. The van der Waals surface area contributed by atoms with Gasteiger partial charge >= 0.3 is 7.12 Å². The minimum atomic E-state index is -1.71. The molecule has 0 aliphatic rings. The van der Waals surface area contributed by atoms with Crippen LogP contribution in [0.4, 0.5) is 4.39 Å². The maximum absolute atomic E-state index is 13.0. The minimum Gasteiger partial charge on any atom is -0.476 e. The van der Waals surface area contributed by atoms with Gasteiger partial charge in [0.05, 0.1) is 6.61 Å². The van der Waals surface area contributed by atoms with Gasteiger partial charge in [0, 0.05) is 11.7 Å². The van der Waals surface area contributed by atoms with E-state index in [4.69, 9.17) is 14.8 Å². The van der Waals surface area contributed by atoms with Crippen molar-refractivity contribution in [1.82, 2.24) is 4.98 Å². The molecule has 0 atom stereocenters. The van der Waals surface area contributed by atoms with Gasteiger partial charge in [-0.1, -0.05) is 0 Å². The summed E-state index contributed by atoms with van der Waals surface area (Å²) in [5.41, 5.74) is 0.000882. The van der Waals surface area contributed by atoms with Crippen LogP contribution in [0, 0.1) is 5.82 Å². The summed E-state index contributed by atoms with van der Waals surface area (Å²) in [5.74, 6) is -0.834. The zero-order valence-corrected chi connectivity index (χ0v) is 7.07. The molecule has 1 rings (SSSR count). The van der Waals surface area contributed by atoms with E-state index < -0.39 is 12.9 Å². The summed E-state index contributed by atoms with van der Waals surface area (Å²) < 4.78 is 17.8. The normalized spacial score (nSPS) is 9.85. The van der Waals surface area contributed by atoms with E-state index in [1.165, 1.54) is 0 Å². The Balaban J connectivity index is 2.92. The van der Waals surface area contributed by atoms with E-state index in [0.717, 1.165) is 12.3 Å². The summed E-state index contributed by atoms with van der Waals surface area (Å²) >= 11 is 0. The molecule has 13 heavy (non-hydrogen) atoms. The highest BCUT2D eigenvalue weighted by molar-refractivity contribution is 6.58. The zero-order chi connectivity index (χ0) is 9.84. The number of ether oxygens (including phenoxy) is 1. The van der Waals surface area contributed by atoms with Crippen molar-refractivity contribution in [1.29, 1.82) is 0 Å². The number of hydrogen-bond donors (Lipinski definition) is 2. The van der Waals surface area contributed by atoms with Gasteiger partial charge < -0.3 is 14.8 Å². The van der Waals surface area contributed by atoms with Crippen LogP contribution in [0.1, 0.15) is 6.92 Å². The maximum atomic E-state index is 13.0. The molecule has 0 unspecified atom stereocenters. The van der Waals surface area contributed by atoms with Crippen LogP contribution < -0.4 is 10.2 Å². The lowest BCUT2D eigenvalue weighted by molar-refractivity contribution is 0.307. The fourth-order valence-corrected chi connectivity index (χ4v) is 0.824. The van der Waals surface area contributed by atoms with Crippen LogP contribution in [0.25, 0.3) is 0 Å². The molecule has 1 aromatic rings. The summed E-state index contributed by atoms with van der Waals surface area (Å²) in [6, 6.07) is 0.975. The topological polar surface area (TPSA) is 62.6 Å². The standard InChI is InChI=1S/C7H9BFNO3/c1-2-13-7-6(9)3-5(4-10-7)8(11)12/h3-4,11-12H,2H2,1H3. The van der Waals surface area contributed by atoms with Gasteiger partial charge in [-0.2, -0.15) is 0 Å². The van der Waals surface area contributed by atoms with Crippen molar-refractivity contribution >= 4 is 12.6 Å². The van der Waals surface area contributed by atoms with Crippen molar-refractivity contribution in [3.63, 3.8) is 0 Å². The van der Waals surface area contributed by atoms with Gasteiger partial charge in [-0.15, -0.1) is 0 Å². The van der Waals surface area contributed by atoms with Crippen LogP contribution >= 0.6 is 0 Å². The molecule has 70 valence electrons. The third-order valence-electron chi connectivity index (χ3n) is 1.41. The molecule has 2 N–H and O–H groups in total. The Hall–Kier alpha value is -1.14. The predicted molar refractivity (Wildman–Crippen MR) is 45.2 cm³/mol. The van der Waals surface area contributed by atoms with Gasteiger partial charge in [-0.3, -0.25) is 0 Å². The second-order valence-electron chi connectivity index (χ2n) is 2.36. The molecule has 4 nitrogen and oxygen atoms in total. The monoisotopic (exact) mass is 185 g/mol. The Morgan fingerprint density at radius 1 is 1.62 bits per heavy atom. The fraction of sp³-hybridized carbons (Fsp3) is 0.286. The molecule has 1 aromatic heterocycles. The molecule has 0 aliphatic heterocycles. The first-order chi connectivity index (χ1) is 6.15. The fourth-order valence-electron chi connectivity index (χ4n) is 0.824. The van der Waals surface area contributed by atoms with E-state index in [2.05, 4.69) is 4.98 Å². The third kappa shape index (κ3) is 2.40. The summed E-state index contributed by atoms with van der Waals surface area (Å²) in [7, 11) is -1.71. The number of pyridine rings is 1. The number of hydrogen-bond acceptors (Lipinski definition) is 4. The molecule has 0 aromatic carbocycles. The summed E-state index contributed by atoms with van der Waals surface area (Å²) in [6.07, 6.45) is 1.15. The summed E-state index contributed by atoms with van der Waals surface area (Å²) in [4.78, 5) is 3.57. The van der Waals surface area contributed by atoms with Crippen molar-refractivity contribution in [2.75, 3.05) is 6.61 Å². The van der Waals surface area contributed by atoms with Gasteiger partial charge in [0.15, 0.2) is 5.82 Å². The first-order valence-corrected chi connectivity index (χ1v) is 3.79. The lowest BCUT2D eigenvalue weighted by atomic mass is 9.82. The van der Waals surface area contributed by atoms with Crippen LogP contribution in [0.2, 0.25) is 0 Å². The van der Waals surface area contributed by atoms with Gasteiger partial charge in [0.2, 0.25) is 5.88 Å². The number of halogens is 1. The molecule has 1 heterocycles. The van der Waals surface area contributed by atoms with Gasteiger partial charge in [-0.05, 0) is 13.0 Å². The van der Waals surface area contributed by atoms with Crippen molar-refractivity contribution < 1.29 is 19.2 Å².